The standard InChI is InChI=1S/C60H108O8/c1-4-7-10-13-16-19-22-25-28-31-34-37-40-43-46-49-56(62)65-53-55(67-57(63)50-47-44-41-38-35-32-29-26-23-20-17-14-11-8-5-2)60-59(54(61)52-66-60)68-58(64)51-48-45-42-39-36-33-30-27-24-21-18-15-12-9-6-3/h25-30,54-55,59-61H,4-24,31-53H2,1-3H3/b28-25+,29-26+,30-27+/t54-,55+,59+,60-/m1/s1. The van der Waals surface area contributed by atoms with Crippen molar-refractivity contribution < 1.29 is 38.4 Å². The maximum Gasteiger partial charge on any atom is 0.306 e. The molecule has 8 nitrogen and oxygen atoms in total. The van der Waals surface area contributed by atoms with E-state index in [4.69, 9.17) is 18.9 Å². The zero-order chi connectivity index (χ0) is 49.2. The monoisotopic (exact) mass is 957 g/mol. The minimum absolute atomic E-state index is 0.0544. The van der Waals surface area contributed by atoms with E-state index in [-0.39, 0.29) is 38.4 Å². The van der Waals surface area contributed by atoms with Crippen LogP contribution < -0.4 is 0 Å². The molecule has 1 aliphatic heterocycles. The van der Waals surface area contributed by atoms with Crippen molar-refractivity contribution in [1.29, 1.82) is 0 Å². The molecule has 0 bridgehead atoms. The Bertz CT molecular complexity index is 1230. The lowest BCUT2D eigenvalue weighted by Crippen LogP contribution is -2.46. The molecule has 0 aliphatic carbocycles. The van der Waals surface area contributed by atoms with Crippen molar-refractivity contribution in [2.75, 3.05) is 13.2 Å². The van der Waals surface area contributed by atoms with Gasteiger partial charge in [0.1, 0.15) is 18.8 Å². The number of carbonyl (C=O) groups excluding carboxylic acids is 3. The quantitative estimate of drug-likeness (QED) is 0.0278. The molecule has 68 heavy (non-hydrogen) atoms. The molecule has 8 heteroatoms. The van der Waals surface area contributed by atoms with Gasteiger partial charge in [-0.05, 0) is 96.3 Å². The van der Waals surface area contributed by atoms with E-state index in [9.17, 15) is 19.5 Å². The normalized spacial score (nSPS) is 16.7. The molecule has 0 aromatic carbocycles. The van der Waals surface area contributed by atoms with Gasteiger partial charge in [-0.3, -0.25) is 14.4 Å². The van der Waals surface area contributed by atoms with E-state index in [1.165, 1.54) is 135 Å². The van der Waals surface area contributed by atoms with Gasteiger partial charge < -0.3 is 24.1 Å². The van der Waals surface area contributed by atoms with Crippen LogP contribution in [0, 0.1) is 0 Å². The van der Waals surface area contributed by atoms with Gasteiger partial charge in [0.2, 0.25) is 0 Å². The summed E-state index contributed by atoms with van der Waals surface area (Å²) in [6.45, 7) is 6.51. The molecule has 1 saturated heterocycles. The minimum Gasteiger partial charge on any atom is -0.462 e. The number of esters is 3. The molecule has 1 N–H and O–H groups in total. The van der Waals surface area contributed by atoms with Gasteiger partial charge in [0.05, 0.1) is 6.61 Å². The second-order valence-electron chi connectivity index (χ2n) is 20.0. The number of hydrogen-bond acceptors (Lipinski definition) is 8. The lowest BCUT2D eigenvalue weighted by Gasteiger charge is -2.28. The van der Waals surface area contributed by atoms with Crippen molar-refractivity contribution in [2.45, 2.75) is 315 Å². The summed E-state index contributed by atoms with van der Waals surface area (Å²) in [7, 11) is 0. The molecule has 1 fully saturated rings. The lowest BCUT2D eigenvalue weighted by molar-refractivity contribution is -0.177. The average Bonchev–Trinajstić information content (AvgIpc) is 3.69. The molecular weight excluding hydrogens is 849 g/mol. The summed E-state index contributed by atoms with van der Waals surface area (Å²) in [6, 6.07) is 0. The molecule has 1 rings (SSSR count). The van der Waals surface area contributed by atoms with Gasteiger partial charge in [-0.1, -0.05) is 211 Å². The number of hydrogen-bond donors (Lipinski definition) is 1. The van der Waals surface area contributed by atoms with Crippen molar-refractivity contribution in [3.63, 3.8) is 0 Å². The predicted molar refractivity (Wildman–Crippen MR) is 285 cm³/mol. The summed E-state index contributed by atoms with van der Waals surface area (Å²) in [5.41, 5.74) is 0. The van der Waals surface area contributed by atoms with Crippen LogP contribution in [0.25, 0.3) is 0 Å². The third-order valence-corrected chi connectivity index (χ3v) is 13.4. The van der Waals surface area contributed by atoms with Crippen LogP contribution in [0.5, 0.6) is 0 Å². The third-order valence-electron chi connectivity index (χ3n) is 13.4. The summed E-state index contributed by atoms with van der Waals surface area (Å²) in [5.74, 6) is -1.15. The Balaban J connectivity index is 2.50. The number of rotatable bonds is 50. The highest BCUT2D eigenvalue weighted by molar-refractivity contribution is 5.71. The van der Waals surface area contributed by atoms with Gasteiger partial charge in [0.15, 0.2) is 12.2 Å². The van der Waals surface area contributed by atoms with Crippen LogP contribution in [0.3, 0.4) is 0 Å². The molecule has 0 aromatic rings. The van der Waals surface area contributed by atoms with E-state index in [1.54, 1.807) is 0 Å². The Morgan fingerprint density at radius 3 is 1.12 bits per heavy atom. The number of allylic oxidation sites excluding steroid dienone is 6. The Morgan fingerprint density at radius 1 is 0.441 bits per heavy atom. The van der Waals surface area contributed by atoms with Crippen LogP contribution in [0.2, 0.25) is 0 Å². The fourth-order valence-electron chi connectivity index (χ4n) is 8.98. The first-order chi connectivity index (χ1) is 33.4. The fraction of sp³-hybridized carbons (Fsp3) is 0.850. The summed E-state index contributed by atoms with van der Waals surface area (Å²) in [6.07, 6.45) is 56.7. The zero-order valence-electron chi connectivity index (χ0n) is 44.7. The Morgan fingerprint density at radius 2 is 0.750 bits per heavy atom. The molecule has 0 unspecified atom stereocenters. The molecule has 0 radical (unpaired) electrons. The highest BCUT2D eigenvalue weighted by atomic mass is 16.6. The zero-order valence-corrected chi connectivity index (χ0v) is 44.7. The summed E-state index contributed by atoms with van der Waals surface area (Å²) >= 11 is 0. The smallest absolute Gasteiger partial charge is 0.306 e. The second-order valence-corrected chi connectivity index (χ2v) is 20.0. The van der Waals surface area contributed by atoms with Crippen molar-refractivity contribution in [3.05, 3.63) is 36.5 Å². The summed E-state index contributed by atoms with van der Waals surface area (Å²) < 4.78 is 23.3. The first kappa shape index (κ1) is 63.6. The highest BCUT2D eigenvalue weighted by Gasteiger charge is 2.46. The maximum atomic E-state index is 13.2. The molecule has 0 aromatic heterocycles. The second kappa shape index (κ2) is 49.5. The van der Waals surface area contributed by atoms with Crippen LogP contribution >= 0.6 is 0 Å². The molecule has 0 saturated carbocycles. The van der Waals surface area contributed by atoms with Gasteiger partial charge in [0, 0.05) is 19.3 Å². The molecule has 396 valence electrons. The van der Waals surface area contributed by atoms with Gasteiger partial charge in [-0.25, -0.2) is 0 Å². The Hall–Kier alpha value is -2.45. The van der Waals surface area contributed by atoms with Crippen molar-refractivity contribution in [3.8, 4) is 0 Å². The largest absolute Gasteiger partial charge is 0.462 e. The van der Waals surface area contributed by atoms with Crippen LogP contribution in [0.4, 0.5) is 0 Å². The van der Waals surface area contributed by atoms with E-state index in [2.05, 4.69) is 57.2 Å². The maximum absolute atomic E-state index is 13.2. The summed E-state index contributed by atoms with van der Waals surface area (Å²) in [5, 5.41) is 10.9. The molecule has 0 amide bonds. The molecular formula is C60H108O8. The first-order valence-corrected chi connectivity index (χ1v) is 29.2. The van der Waals surface area contributed by atoms with E-state index >= 15 is 0 Å². The van der Waals surface area contributed by atoms with Gasteiger partial charge in [-0.2, -0.15) is 0 Å². The fourth-order valence-corrected chi connectivity index (χ4v) is 8.98. The first-order valence-electron chi connectivity index (χ1n) is 29.2. The van der Waals surface area contributed by atoms with Gasteiger partial charge in [0.25, 0.3) is 0 Å². The van der Waals surface area contributed by atoms with Crippen LogP contribution in [0.1, 0.15) is 290 Å². The van der Waals surface area contributed by atoms with E-state index in [0.29, 0.717) is 12.8 Å². The lowest BCUT2D eigenvalue weighted by atomic mass is 10.1. The van der Waals surface area contributed by atoms with Crippen LogP contribution in [-0.4, -0.2) is 60.6 Å². The SMILES string of the molecule is CCCCCCCC/C=C/CCCCCCCC(=O)OC[C@H](OC(=O)CCCCCCC/C=C/CCCCCCCC)[C@H]1OC[C@@H](O)[C@@H]1OC(=O)CCCCCCC/C=C/CCCCCCCC. The van der Waals surface area contributed by atoms with E-state index in [0.717, 1.165) is 103 Å². The van der Waals surface area contributed by atoms with E-state index in [1.807, 2.05) is 0 Å². The van der Waals surface area contributed by atoms with Crippen LogP contribution in [-0.2, 0) is 33.3 Å². The molecule has 0 spiro atoms. The third kappa shape index (κ3) is 40.3. The number of aliphatic hydroxyl groups is 1. The molecule has 4 atom stereocenters. The topological polar surface area (TPSA) is 108 Å². The van der Waals surface area contributed by atoms with Gasteiger partial charge in [-0.15, -0.1) is 0 Å². The number of ether oxygens (including phenoxy) is 4. The van der Waals surface area contributed by atoms with Crippen molar-refractivity contribution in [1.82, 2.24) is 0 Å². The van der Waals surface area contributed by atoms with Gasteiger partial charge >= 0.3 is 17.9 Å². The Labute approximate surface area is 419 Å². The number of carbonyl (C=O) groups is 3. The molecule has 1 heterocycles. The summed E-state index contributed by atoms with van der Waals surface area (Å²) in [4.78, 5) is 39.1. The van der Waals surface area contributed by atoms with Crippen molar-refractivity contribution >= 4 is 17.9 Å². The highest BCUT2D eigenvalue weighted by Crippen LogP contribution is 2.25. The Kier molecular flexibility index (Phi) is 46.3. The van der Waals surface area contributed by atoms with Crippen LogP contribution in [0.15, 0.2) is 36.5 Å². The molecule has 1 aliphatic rings. The number of aliphatic hydroxyl groups excluding tert-OH is 1. The van der Waals surface area contributed by atoms with Crippen molar-refractivity contribution in [2.24, 2.45) is 0 Å². The minimum atomic E-state index is -1.06. The van der Waals surface area contributed by atoms with E-state index < -0.39 is 36.4 Å². The number of unbranched alkanes of at least 4 members (excludes halogenated alkanes) is 33. The predicted octanol–water partition coefficient (Wildman–Crippen LogP) is 17.2. The average molecular weight is 958 g/mol.